The van der Waals surface area contributed by atoms with Gasteiger partial charge in [-0.25, -0.2) is 15.0 Å². The molecule has 0 radical (unpaired) electrons. The average Bonchev–Trinajstić information content (AvgIpc) is 4.03. The molecule has 67 heavy (non-hydrogen) atoms. The van der Waals surface area contributed by atoms with E-state index in [0.717, 1.165) is 49.9 Å². The summed E-state index contributed by atoms with van der Waals surface area (Å²) in [5, 5.41) is 12.4. The lowest BCUT2D eigenvalue weighted by molar-refractivity contribution is 1.07. The molecule has 5 aromatic heterocycles. The minimum atomic E-state index is 0.617. The van der Waals surface area contributed by atoms with Crippen molar-refractivity contribution in [1.29, 1.82) is 0 Å². The summed E-state index contributed by atoms with van der Waals surface area (Å²) < 4.78 is 7.45. The molecule has 0 N–H and O–H groups in total. The third-order valence-electron chi connectivity index (χ3n) is 13.9. The van der Waals surface area contributed by atoms with Crippen LogP contribution in [-0.2, 0) is 0 Å². The maximum atomic E-state index is 5.47. The number of hydrogen-bond acceptors (Lipinski definition) is 4. The largest absolute Gasteiger partial charge is 0.309 e. The smallest absolute Gasteiger partial charge is 0.166 e. The number of para-hydroxylation sites is 4. The van der Waals surface area contributed by atoms with E-state index in [-0.39, 0.29) is 0 Å². The minimum Gasteiger partial charge on any atom is -0.309 e. The third kappa shape index (κ3) is 5.33. The summed E-state index contributed by atoms with van der Waals surface area (Å²) in [6, 6.07) is 76.5. The molecule has 0 unspecified atom stereocenters. The lowest BCUT2D eigenvalue weighted by Gasteiger charge is -2.13. The molecule has 5 nitrogen and oxygen atoms in total. The summed E-state index contributed by atoms with van der Waals surface area (Å²) in [6.45, 7) is 0. The first-order valence-corrected chi connectivity index (χ1v) is 23.5. The lowest BCUT2D eigenvalue weighted by atomic mass is 10.00. The van der Waals surface area contributed by atoms with E-state index in [1.807, 2.05) is 11.3 Å². The van der Waals surface area contributed by atoms with Gasteiger partial charge in [-0.05, 0) is 81.9 Å². The average molecular weight is 870 g/mol. The molecule has 310 valence electrons. The van der Waals surface area contributed by atoms with E-state index < -0.39 is 0 Å². The van der Waals surface area contributed by atoms with Crippen LogP contribution in [0.5, 0.6) is 0 Å². The molecule has 6 heteroatoms. The third-order valence-corrected chi connectivity index (χ3v) is 15.0. The molecule has 0 saturated heterocycles. The molecule has 15 rings (SSSR count). The van der Waals surface area contributed by atoms with Crippen molar-refractivity contribution in [3.8, 4) is 51.0 Å². The Balaban J connectivity index is 0.994. The van der Waals surface area contributed by atoms with Crippen molar-refractivity contribution in [1.82, 2.24) is 23.9 Å². The van der Waals surface area contributed by atoms with Crippen LogP contribution in [0.25, 0.3) is 142 Å². The van der Waals surface area contributed by atoms with Crippen molar-refractivity contribution in [3.63, 3.8) is 0 Å². The first kappa shape index (κ1) is 36.6. The highest BCUT2D eigenvalue weighted by molar-refractivity contribution is 7.26. The normalized spacial score (nSPS) is 12.2. The minimum absolute atomic E-state index is 0.617. The van der Waals surface area contributed by atoms with E-state index in [1.165, 1.54) is 74.5 Å². The van der Waals surface area contributed by atoms with Crippen LogP contribution < -0.4 is 0 Å². The standard InChI is InChI=1S/C61H35N5S/c1-2-14-42(15-3-1)65-50-21-8-7-17-44(50)47-19-10-20-49(57(47)65)61-63-59(38-27-24-37(25-28-38)40-29-26-36-12-4-5-13-39(36)34-40)62-60(64-61)41-30-31-45-48-32-33-54-56-55-46(18-11-23-53(55)67-54)43-16-6-9-22-51(43)66(58(48)56)52(45)35-41/h1-35H. The van der Waals surface area contributed by atoms with Crippen LogP contribution >= 0.6 is 11.3 Å². The van der Waals surface area contributed by atoms with Crippen molar-refractivity contribution in [2.75, 3.05) is 0 Å². The molecule has 5 heterocycles. The molecule has 0 saturated carbocycles. The fourth-order valence-corrected chi connectivity index (χ4v) is 12.0. The molecule has 0 aliphatic heterocycles. The van der Waals surface area contributed by atoms with E-state index >= 15 is 0 Å². The fourth-order valence-electron chi connectivity index (χ4n) is 10.9. The van der Waals surface area contributed by atoms with Crippen LogP contribution in [0.3, 0.4) is 0 Å². The Morgan fingerprint density at radius 2 is 0.925 bits per heavy atom. The second-order valence-electron chi connectivity index (χ2n) is 17.5. The van der Waals surface area contributed by atoms with E-state index in [9.17, 15) is 0 Å². The fraction of sp³-hybridized carbons (Fsp3) is 0. The van der Waals surface area contributed by atoms with Gasteiger partial charge in [-0.3, -0.25) is 0 Å². The first-order chi connectivity index (χ1) is 33.2. The molecule has 0 aliphatic carbocycles. The number of thiophene rings is 1. The Kier molecular flexibility index (Phi) is 7.59. The van der Waals surface area contributed by atoms with Gasteiger partial charge >= 0.3 is 0 Å². The molecule has 0 spiro atoms. The zero-order valence-corrected chi connectivity index (χ0v) is 36.7. The van der Waals surface area contributed by atoms with Crippen LogP contribution in [0, 0.1) is 0 Å². The van der Waals surface area contributed by atoms with Crippen LogP contribution in [0.2, 0.25) is 0 Å². The summed E-state index contributed by atoms with van der Waals surface area (Å²) in [6.07, 6.45) is 0. The maximum absolute atomic E-state index is 5.47. The van der Waals surface area contributed by atoms with Crippen molar-refractivity contribution >= 4 is 102 Å². The summed E-state index contributed by atoms with van der Waals surface area (Å²) in [7, 11) is 0. The Bertz CT molecular complexity index is 4500. The van der Waals surface area contributed by atoms with Gasteiger partial charge < -0.3 is 8.97 Å². The molecule has 0 atom stereocenters. The number of hydrogen-bond donors (Lipinski definition) is 0. The zero-order valence-electron chi connectivity index (χ0n) is 35.9. The van der Waals surface area contributed by atoms with Gasteiger partial charge in [0.15, 0.2) is 17.5 Å². The van der Waals surface area contributed by atoms with Gasteiger partial charge in [0, 0.05) is 69.5 Å². The van der Waals surface area contributed by atoms with E-state index in [4.69, 9.17) is 15.0 Å². The van der Waals surface area contributed by atoms with Crippen LogP contribution in [0.4, 0.5) is 0 Å². The van der Waals surface area contributed by atoms with Gasteiger partial charge in [0.25, 0.3) is 0 Å². The number of fused-ring (bicyclic) bond motifs is 10. The summed E-state index contributed by atoms with van der Waals surface area (Å²) in [5.41, 5.74) is 11.9. The van der Waals surface area contributed by atoms with E-state index in [1.54, 1.807) is 0 Å². The van der Waals surface area contributed by atoms with E-state index in [2.05, 4.69) is 221 Å². The zero-order chi connectivity index (χ0) is 43.7. The number of aromatic nitrogens is 5. The number of rotatable bonds is 5. The van der Waals surface area contributed by atoms with Crippen LogP contribution in [0.1, 0.15) is 0 Å². The Hall–Kier alpha value is -8.71. The summed E-state index contributed by atoms with van der Waals surface area (Å²) >= 11 is 1.88. The number of benzene rings is 10. The van der Waals surface area contributed by atoms with Gasteiger partial charge in [0.2, 0.25) is 0 Å². The highest BCUT2D eigenvalue weighted by atomic mass is 32.1. The lowest BCUT2D eigenvalue weighted by Crippen LogP contribution is -2.02. The van der Waals surface area contributed by atoms with E-state index in [0.29, 0.717) is 17.5 Å². The quantitative estimate of drug-likeness (QED) is 0.173. The molecule has 0 bridgehead atoms. The SMILES string of the molecule is c1ccc(-n2c3ccccc3c3cccc(-c4nc(-c5ccc(-c6ccc7ccccc7c6)cc5)nc(-c5ccc6c7ccc8sc9cccc%10c%11ccccc%11n(c6c5)c7c8c9%10)n4)c32)cc1. The number of nitrogens with zero attached hydrogens (tertiary/aromatic N) is 5. The molecule has 0 fully saturated rings. The van der Waals surface area contributed by atoms with Crippen molar-refractivity contribution in [2.24, 2.45) is 0 Å². The van der Waals surface area contributed by atoms with Gasteiger partial charge in [-0.15, -0.1) is 11.3 Å². The van der Waals surface area contributed by atoms with Crippen molar-refractivity contribution < 1.29 is 0 Å². The van der Waals surface area contributed by atoms with Crippen molar-refractivity contribution in [2.45, 2.75) is 0 Å². The highest BCUT2D eigenvalue weighted by Gasteiger charge is 2.23. The topological polar surface area (TPSA) is 48.0 Å². The maximum Gasteiger partial charge on any atom is 0.166 e. The molecule has 15 aromatic rings. The van der Waals surface area contributed by atoms with Gasteiger partial charge in [-0.1, -0.05) is 158 Å². The monoisotopic (exact) mass is 869 g/mol. The summed E-state index contributed by atoms with van der Waals surface area (Å²) in [4.78, 5) is 16.2. The Labute approximate surface area is 387 Å². The Morgan fingerprint density at radius 3 is 1.79 bits per heavy atom. The molecule has 10 aromatic carbocycles. The molecular weight excluding hydrogens is 835 g/mol. The predicted octanol–water partition coefficient (Wildman–Crippen LogP) is 16.3. The highest BCUT2D eigenvalue weighted by Crippen LogP contribution is 2.47. The molecule has 0 amide bonds. The first-order valence-electron chi connectivity index (χ1n) is 22.7. The predicted molar refractivity (Wildman–Crippen MR) is 281 cm³/mol. The van der Waals surface area contributed by atoms with Gasteiger partial charge in [0.1, 0.15) is 0 Å². The molecular formula is C61H35N5S. The van der Waals surface area contributed by atoms with Gasteiger partial charge in [0.05, 0.1) is 27.6 Å². The second-order valence-corrected chi connectivity index (χ2v) is 18.6. The second kappa shape index (κ2) is 13.9. The van der Waals surface area contributed by atoms with Crippen molar-refractivity contribution in [3.05, 3.63) is 212 Å². The summed E-state index contributed by atoms with van der Waals surface area (Å²) in [5.74, 6) is 1.85. The molecule has 0 aliphatic rings. The van der Waals surface area contributed by atoms with Crippen LogP contribution in [0.15, 0.2) is 212 Å². The van der Waals surface area contributed by atoms with Gasteiger partial charge in [-0.2, -0.15) is 0 Å². The Morgan fingerprint density at radius 1 is 0.328 bits per heavy atom. The van der Waals surface area contributed by atoms with Crippen LogP contribution in [-0.4, -0.2) is 23.9 Å².